The zero-order valence-electron chi connectivity index (χ0n) is 17.8. The van der Waals surface area contributed by atoms with Crippen molar-refractivity contribution in [3.8, 4) is 17.2 Å². The minimum absolute atomic E-state index is 0.0632. The third kappa shape index (κ3) is 5.45. The van der Waals surface area contributed by atoms with E-state index in [0.717, 1.165) is 55.8 Å². The van der Waals surface area contributed by atoms with Gasteiger partial charge >= 0.3 is 0 Å². The third-order valence-electron chi connectivity index (χ3n) is 5.65. The average molecular weight is 407 g/mol. The summed E-state index contributed by atoms with van der Waals surface area (Å²) < 4.78 is 0. The molecule has 1 fully saturated rings. The van der Waals surface area contributed by atoms with Gasteiger partial charge in [-0.2, -0.15) is 5.26 Å². The van der Waals surface area contributed by atoms with Gasteiger partial charge in [-0.1, -0.05) is 24.3 Å². The molecule has 0 radical (unpaired) electrons. The lowest BCUT2D eigenvalue weighted by Crippen LogP contribution is -2.29. The first kappa shape index (κ1) is 22.0. The molecule has 2 aromatic rings. The summed E-state index contributed by atoms with van der Waals surface area (Å²) in [6.07, 6.45) is 1.16. The van der Waals surface area contributed by atoms with Crippen molar-refractivity contribution < 1.29 is 9.90 Å². The van der Waals surface area contributed by atoms with E-state index in [2.05, 4.69) is 29.0 Å². The number of carbonyl (C=O) groups is 1. The van der Waals surface area contributed by atoms with E-state index in [9.17, 15) is 10.1 Å². The van der Waals surface area contributed by atoms with Gasteiger partial charge in [-0.3, -0.25) is 9.69 Å². The first-order valence-corrected chi connectivity index (χ1v) is 10.4. The molecule has 0 aliphatic carbocycles. The standard InChI is InChI=1S/C24H30N4O2/c1-26-10-3-11-28(13-12-26)18-19-4-9-23(22(16-19)17-25)20-5-7-21(8-6-20)24(30)27(2)14-15-29/h4-9,16,29H,3,10-15,18H2,1-2H3. The summed E-state index contributed by atoms with van der Waals surface area (Å²) in [6.45, 7) is 5.41. The van der Waals surface area contributed by atoms with Gasteiger partial charge in [-0.15, -0.1) is 0 Å². The molecule has 2 aromatic carbocycles. The Labute approximate surface area is 178 Å². The van der Waals surface area contributed by atoms with Crippen LogP contribution in [0.4, 0.5) is 0 Å². The average Bonchev–Trinajstić information content (AvgIpc) is 2.97. The molecule has 0 unspecified atom stereocenters. The van der Waals surface area contributed by atoms with Gasteiger partial charge in [0.15, 0.2) is 0 Å². The van der Waals surface area contributed by atoms with Crippen molar-refractivity contribution in [1.82, 2.24) is 14.7 Å². The topological polar surface area (TPSA) is 70.8 Å². The van der Waals surface area contributed by atoms with Gasteiger partial charge in [0.05, 0.1) is 18.2 Å². The molecule has 1 heterocycles. The number of nitriles is 1. The molecule has 1 aliphatic rings. The van der Waals surface area contributed by atoms with Gasteiger partial charge < -0.3 is 14.9 Å². The second-order valence-electron chi connectivity index (χ2n) is 7.95. The third-order valence-corrected chi connectivity index (χ3v) is 5.65. The van der Waals surface area contributed by atoms with Gasteiger partial charge in [0.25, 0.3) is 5.91 Å². The van der Waals surface area contributed by atoms with Crippen molar-refractivity contribution in [3.63, 3.8) is 0 Å². The summed E-state index contributed by atoms with van der Waals surface area (Å²) in [5.74, 6) is -0.130. The summed E-state index contributed by atoms with van der Waals surface area (Å²) in [4.78, 5) is 18.6. The molecule has 6 heteroatoms. The van der Waals surface area contributed by atoms with E-state index in [1.165, 1.54) is 4.90 Å². The van der Waals surface area contributed by atoms with Gasteiger partial charge in [0, 0.05) is 38.8 Å². The van der Waals surface area contributed by atoms with Crippen LogP contribution in [0.25, 0.3) is 11.1 Å². The van der Waals surface area contributed by atoms with Crippen LogP contribution in [0.2, 0.25) is 0 Å². The molecule has 0 saturated carbocycles. The fraction of sp³-hybridized carbons (Fsp3) is 0.417. The van der Waals surface area contributed by atoms with Gasteiger partial charge in [0.2, 0.25) is 0 Å². The van der Waals surface area contributed by atoms with Crippen LogP contribution in [0.15, 0.2) is 42.5 Å². The van der Waals surface area contributed by atoms with Gasteiger partial charge in [-0.25, -0.2) is 0 Å². The fourth-order valence-corrected chi connectivity index (χ4v) is 3.81. The number of benzene rings is 2. The number of likely N-dealkylation sites (N-methyl/N-ethyl adjacent to an activating group) is 2. The molecule has 0 aromatic heterocycles. The molecular weight excluding hydrogens is 376 g/mol. The molecule has 1 N–H and O–H groups in total. The smallest absolute Gasteiger partial charge is 0.253 e. The molecule has 0 atom stereocenters. The predicted molar refractivity (Wildman–Crippen MR) is 118 cm³/mol. The zero-order chi connectivity index (χ0) is 21.5. The van der Waals surface area contributed by atoms with Gasteiger partial charge in [-0.05, 0) is 61.4 Å². The van der Waals surface area contributed by atoms with Crippen molar-refractivity contribution in [2.75, 3.05) is 53.4 Å². The summed E-state index contributed by atoms with van der Waals surface area (Å²) in [5.41, 5.74) is 4.15. The van der Waals surface area contributed by atoms with Crippen LogP contribution in [0, 0.1) is 11.3 Å². The summed E-state index contributed by atoms with van der Waals surface area (Å²) in [6, 6.07) is 15.7. The lowest BCUT2D eigenvalue weighted by Gasteiger charge is -2.20. The lowest BCUT2D eigenvalue weighted by atomic mass is 9.97. The number of amides is 1. The van der Waals surface area contributed by atoms with Crippen molar-refractivity contribution in [2.45, 2.75) is 13.0 Å². The Kier molecular flexibility index (Phi) is 7.58. The highest BCUT2D eigenvalue weighted by molar-refractivity contribution is 5.94. The highest BCUT2D eigenvalue weighted by Crippen LogP contribution is 2.26. The monoisotopic (exact) mass is 406 g/mol. The van der Waals surface area contributed by atoms with E-state index in [-0.39, 0.29) is 12.5 Å². The number of nitrogens with zero attached hydrogens (tertiary/aromatic N) is 4. The van der Waals surface area contributed by atoms with Crippen LogP contribution in [-0.4, -0.2) is 79.1 Å². The Morgan fingerprint density at radius 3 is 2.60 bits per heavy atom. The minimum atomic E-state index is -0.130. The number of aliphatic hydroxyl groups excluding tert-OH is 1. The number of rotatable bonds is 6. The molecule has 1 saturated heterocycles. The second kappa shape index (κ2) is 10.4. The Morgan fingerprint density at radius 2 is 1.90 bits per heavy atom. The number of carbonyl (C=O) groups excluding carboxylic acids is 1. The Morgan fingerprint density at radius 1 is 1.13 bits per heavy atom. The van der Waals surface area contributed by atoms with E-state index < -0.39 is 0 Å². The van der Waals surface area contributed by atoms with E-state index in [1.54, 1.807) is 19.2 Å². The zero-order valence-corrected chi connectivity index (χ0v) is 17.8. The van der Waals surface area contributed by atoms with Crippen molar-refractivity contribution in [1.29, 1.82) is 5.26 Å². The van der Waals surface area contributed by atoms with Crippen LogP contribution >= 0.6 is 0 Å². The quantitative estimate of drug-likeness (QED) is 0.798. The van der Waals surface area contributed by atoms with E-state index >= 15 is 0 Å². The van der Waals surface area contributed by atoms with Crippen LogP contribution in [0.1, 0.15) is 27.9 Å². The number of hydrogen-bond acceptors (Lipinski definition) is 5. The second-order valence-corrected chi connectivity index (χ2v) is 7.95. The largest absolute Gasteiger partial charge is 0.395 e. The lowest BCUT2D eigenvalue weighted by molar-refractivity contribution is 0.0767. The summed E-state index contributed by atoms with van der Waals surface area (Å²) in [5, 5.41) is 18.7. The first-order chi connectivity index (χ1) is 14.5. The Bertz CT molecular complexity index is 904. The van der Waals surface area contributed by atoms with Crippen molar-refractivity contribution in [2.24, 2.45) is 0 Å². The highest BCUT2D eigenvalue weighted by atomic mass is 16.3. The fourth-order valence-electron chi connectivity index (χ4n) is 3.81. The van der Waals surface area contributed by atoms with E-state index in [0.29, 0.717) is 17.7 Å². The normalized spacial score (nSPS) is 15.4. The molecule has 0 spiro atoms. The van der Waals surface area contributed by atoms with Crippen LogP contribution in [-0.2, 0) is 6.54 Å². The molecule has 6 nitrogen and oxygen atoms in total. The van der Waals surface area contributed by atoms with E-state index in [1.807, 2.05) is 24.3 Å². The maximum atomic E-state index is 12.3. The predicted octanol–water partition coefficient (Wildman–Crippen LogP) is 2.43. The Balaban J connectivity index is 1.75. The highest BCUT2D eigenvalue weighted by Gasteiger charge is 2.15. The number of hydrogen-bond donors (Lipinski definition) is 1. The van der Waals surface area contributed by atoms with Crippen molar-refractivity contribution in [3.05, 3.63) is 59.2 Å². The molecule has 0 bridgehead atoms. The Hall–Kier alpha value is -2.72. The minimum Gasteiger partial charge on any atom is -0.395 e. The van der Waals surface area contributed by atoms with E-state index in [4.69, 9.17) is 5.11 Å². The van der Waals surface area contributed by atoms with Crippen LogP contribution in [0.3, 0.4) is 0 Å². The summed E-state index contributed by atoms with van der Waals surface area (Å²) >= 11 is 0. The maximum absolute atomic E-state index is 12.3. The van der Waals surface area contributed by atoms with Gasteiger partial charge in [0.1, 0.15) is 0 Å². The molecular formula is C24H30N4O2. The van der Waals surface area contributed by atoms with Crippen molar-refractivity contribution >= 4 is 5.91 Å². The first-order valence-electron chi connectivity index (χ1n) is 10.4. The molecule has 3 rings (SSSR count). The molecule has 30 heavy (non-hydrogen) atoms. The maximum Gasteiger partial charge on any atom is 0.253 e. The summed E-state index contributed by atoms with van der Waals surface area (Å²) in [7, 11) is 3.83. The number of aliphatic hydroxyl groups is 1. The SMILES string of the molecule is CN1CCCN(Cc2ccc(-c3ccc(C(=O)N(C)CCO)cc3)c(C#N)c2)CC1. The van der Waals surface area contributed by atoms with Crippen LogP contribution < -0.4 is 0 Å². The molecule has 1 amide bonds. The van der Waals surface area contributed by atoms with Crippen LogP contribution in [0.5, 0.6) is 0 Å². The molecule has 1 aliphatic heterocycles. The molecule has 158 valence electrons.